The fourth-order valence-electron chi connectivity index (χ4n) is 3.18. The highest BCUT2D eigenvalue weighted by atomic mass is 32.2. The van der Waals surface area contributed by atoms with Gasteiger partial charge >= 0.3 is 5.97 Å². The summed E-state index contributed by atoms with van der Waals surface area (Å²) in [6, 6.07) is 13.1. The maximum Gasteiger partial charge on any atom is 0.376 e. The van der Waals surface area contributed by atoms with Crippen molar-refractivity contribution in [3.63, 3.8) is 0 Å². The number of esters is 1. The number of amides is 1. The minimum absolute atomic E-state index is 0.0347. The smallest absolute Gasteiger partial charge is 0.376 e. The van der Waals surface area contributed by atoms with Crippen molar-refractivity contribution in [2.45, 2.75) is 25.9 Å². The van der Waals surface area contributed by atoms with E-state index < -0.39 is 5.97 Å². The molecule has 0 atom stereocenters. The number of hydrogen-bond acceptors (Lipinski definition) is 8. The molecule has 0 unspecified atom stereocenters. The molecule has 0 aliphatic rings. The van der Waals surface area contributed by atoms with E-state index in [-0.39, 0.29) is 24.0 Å². The Morgan fingerprint density at radius 3 is 2.81 bits per heavy atom. The summed E-state index contributed by atoms with van der Waals surface area (Å²) in [5.41, 5.74) is 3.71. The molecule has 9 nitrogen and oxygen atoms in total. The van der Waals surface area contributed by atoms with E-state index >= 15 is 0 Å². The van der Waals surface area contributed by atoms with Crippen LogP contribution in [0.25, 0.3) is 16.7 Å². The van der Waals surface area contributed by atoms with Crippen LogP contribution >= 0.6 is 11.8 Å². The van der Waals surface area contributed by atoms with Gasteiger partial charge in [-0.25, -0.2) is 4.79 Å². The van der Waals surface area contributed by atoms with Gasteiger partial charge in [0.25, 0.3) is 0 Å². The van der Waals surface area contributed by atoms with Crippen molar-refractivity contribution >= 4 is 40.3 Å². The number of anilines is 1. The summed E-state index contributed by atoms with van der Waals surface area (Å²) in [6.07, 6.45) is 0. The minimum atomic E-state index is -0.634. The van der Waals surface area contributed by atoms with Gasteiger partial charge in [-0.3, -0.25) is 4.79 Å². The summed E-state index contributed by atoms with van der Waals surface area (Å²) < 4.78 is 12.3. The summed E-state index contributed by atoms with van der Waals surface area (Å²) in [6.45, 7) is 5.86. The van der Waals surface area contributed by atoms with Crippen molar-refractivity contribution in [1.82, 2.24) is 20.2 Å². The van der Waals surface area contributed by atoms with Gasteiger partial charge in [-0.05, 0) is 60.5 Å². The number of aryl methyl sites for hydroxylation is 2. The second-order valence-corrected chi connectivity index (χ2v) is 7.97. The van der Waals surface area contributed by atoms with Crippen LogP contribution < -0.4 is 5.32 Å². The monoisotopic (exact) mass is 451 g/mol. The fourth-order valence-corrected chi connectivity index (χ4v) is 3.87. The van der Waals surface area contributed by atoms with E-state index in [9.17, 15) is 9.59 Å². The van der Waals surface area contributed by atoms with E-state index in [0.717, 1.165) is 16.8 Å². The molecular weight excluding hydrogens is 430 g/mol. The number of ether oxygens (including phenoxy) is 1. The first kappa shape index (κ1) is 21.6. The van der Waals surface area contributed by atoms with E-state index in [1.54, 1.807) is 35.9 Å². The zero-order chi connectivity index (χ0) is 22.7. The summed E-state index contributed by atoms with van der Waals surface area (Å²) in [7, 11) is 0. The Balaban J connectivity index is 1.53. The number of para-hydroxylation sites is 1. The molecule has 0 spiro atoms. The second-order valence-electron chi connectivity index (χ2n) is 7.02. The summed E-state index contributed by atoms with van der Waals surface area (Å²) in [5, 5.41) is 15.8. The molecule has 2 aromatic carbocycles. The molecule has 4 rings (SSSR count). The highest BCUT2D eigenvalue weighted by Crippen LogP contribution is 2.32. The normalized spacial score (nSPS) is 11.0. The van der Waals surface area contributed by atoms with Crippen molar-refractivity contribution < 1.29 is 18.7 Å². The Labute approximate surface area is 188 Å². The Bertz CT molecular complexity index is 1300. The predicted octanol–water partition coefficient (Wildman–Crippen LogP) is 3.93. The first-order chi connectivity index (χ1) is 15.5. The number of carbonyl (C=O) groups excluding carboxylic acids is 2. The van der Waals surface area contributed by atoms with Gasteiger partial charge in [-0.15, -0.1) is 5.10 Å². The average Bonchev–Trinajstić information content (AvgIpc) is 3.39. The van der Waals surface area contributed by atoms with E-state index in [1.807, 2.05) is 32.0 Å². The standard InChI is InChI=1S/C22H21N5O4S/c1-4-30-21(29)20-19(15-7-5-6-8-17(15)31-20)23-18(28)12-32-22-24-25-26-27(22)16-11-13(2)9-10-14(16)3/h5-11H,4,12H2,1-3H3,(H,23,28). The predicted molar refractivity (Wildman–Crippen MR) is 120 cm³/mol. The fraction of sp³-hybridized carbons (Fsp3) is 0.227. The number of fused-ring (bicyclic) bond motifs is 1. The molecule has 0 fully saturated rings. The van der Waals surface area contributed by atoms with Crippen molar-refractivity contribution in [3.8, 4) is 5.69 Å². The van der Waals surface area contributed by atoms with Gasteiger partial charge in [0.1, 0.15) is 11.3 Å². The molecule has 2 heterocycles. The molecule has 1 amide bonds. The number of benzene rings is 2. The zero-order valence-electron chi connectivity index (χ0n) is 17.8. The molecule has 32 heavy (non-hydrogen) atoms. The van der Waals surface area contributed by atoms with Gasteiger partial charge in [-0.2, -0.15) is 4.68 Å². The molecule has 0 saturated carbocycles. The van der Waals surface area contributed by atoms with Crippen molar-refractivity contribution in [2.75, 3.05) is 17.7 Å². The van der Waals surface area contributed by atoms with Gasteiger partial charge in [0, 0.05) is 5.39 Å². The van der Waals surface area contributed by atoms with Gasteiger partial charge in [0.2, 0.25) is 16.8 Å². The molecule has 0 radical (unpaired) electrons. The number of rotatable bonds is 7. The first-order valence-electron chi connectivity index (χ1n) is 9.95. The highest BCUT2D eigenvalue weighted by Gasteiger charge is 2.23. The van der Waals surface area contributed by atoms with E-state index in [4.69, 9.17) is 9.15 Å². The lowest BCUT2D eigenvalue weighted by Gasteiger charge is -2.09. The molecule has 10 heteroatoms. The third kappa shape index (κ3) is 4.35. The number of carbonyl (C=O) groups is 2. The van der Waals surface area contributed by atoms with E-state index in [1.165, 1.54) is 11.8 Å². The lowest BCUT2D eigenvalue weighted by Crippen LogP contribution is -2.17. The molecule has 1 N–H and O–H groups in total. The Morgan fingerprint density at radius 2 is 2.00 bits per heavy atom. The number of tetrazole rings is 1. The molecule has 0 bridgehead atoms. The van der Waals surface area contributed by atoms with E-state index in [2.05, 4.69) is 20.8 Å². The van der Waals surface area contributed by atoms with Crippen LogP contribution in [0.15, 0.2) is 52.0 Å². The van der Waals surface area contributed by atoms with Gasteiger partial charge < -0.3 is 14.5 Å². The maximum atomic E-state index is 12.7. The number of aromatic nitrogens is 4. The zero-order valence-corrected chi connectivity index (χ0v) is 18.6. The lowest BCUT2D eigenvalue weighted by molar-refractivity contribution is -0.113. The van der Waals surface area contributed by atoms with Crippen LogP contribution in [0.2, 0.25) is 0 Å². The Morgan fingerprint density at radius 1 is 1.19 bits per heavy atom. The van der Waals surface area contributed by atoms with Crippen LogP contribution in [0.1, 0.15) is 28.6 Å². The van der Waals surface area contributed by atoms with Crippen molar-refractivity contribution in [3.05, 3.63) is 59.4 Å². The van der Waals surface area contributed by atoms with Crippen LogP contribution in [0, 0.1) is 13.8 Å². The Kier molecular flexibility index (Phi) is 6.22. The quantitative estimate of drug-likeness (QED) is 0.332. The van der Waals surface area contributed by atoms with Crippen molar-refractivity contribution in [1.29, 1.82) is 0 Å². The molecule has 0 saturated heterocycles. The largest absolute Gasteiger partial charge is 0.460 e. The summed E-state index contributed by atoms with van der Waals surface area (Å²) >= 11 is 1.19. The van der Waals surface area contributed by atoms with Gasteiger partial charge in [0.05, 0.1) is 18.0 Å². The van der Waals surface area contributed by atoms with Gasteiger partial charge in [-0.1, -0.05) is 36.0 Å². The topological polar surface area (TPSA) is 112 Å². The minimum Gasteiger partial charge on any atom is -0.460 e. The number of nitrogens with zero attached hydrogens (tertiary/aromatic N) is 4. The molecule has 0 aliphatic heterocycles. The lowest BCUT2D eigenvalue weighted by atomic mass is 10.1. The molecule has 0 aliphatic carbocycles. The van der Waals surface area contributed by atoms with Crippen molar-refractivity contribution in [2.24, 2.45) is 0 Å². The third-order valence-corrected chi connectivity index (χ3v) is 5.61. The number of nitrogens with one attached hydrogen (secondary N) is 1. The number of hydrogen-bond donors (Lipinski definition) is 1. The summed E-state index contributed by atoms with van der Waals surface area (Å²) in [4.78, 5) is 25.1. The summed E-state index contributed by atoms with van der Waals surface area (Å²) in [5.74, 6) is -0.965. The van der Waals surface area contributed by atoms with E-state index in [0.29, 0.717) is 21.8 Å². The SMILES string of the molecule is CCOC(=O)c1oc2ccccc2c1NC(=O)CSc1nnnn1-c1cc(C)ccc1C. The van der Waals surface area contributed by atoms with Crippen LogP contribution in [0.5, 0.6) is 0 Å². The van der Waals surface area contributed by atoms with Crippen LogP contribution in [0.4, 0.5) is 5.69 Å². The Hall–Kier alpha value is -3.66. The first-order valence-corrected chi connectivity index (χ1v) is 10.9. The van der Waals surface area contributed by atoms with Crippen LogP contribution in [-0.2, 0) is 9.53 Å². The third-order valence-electron chi connectivity index (χ3n) is 4.69. The maximum absolute atomic E-state index is 12.7. The average molecular weight is 452 g/mol. The molecule has 164 valence electrons. The number of furan rings is 1. The molecular formula is C22H21N5O4S. The molecule has 2 aromatic heterocycles. The highest BCUT2D eigenvalue weighted by molar-refractivity contribution is 7.99. The van der Waals surface area contributed by atoms with Crippen LogP contribution in [0.3, 0.4) is 0 Å². The van der Waals surface area contributed by atoms with Gasteiger partial charge in [0.15, 0.2) is 0 Å². The molecule has 4 aromatic rings. The van der Waals surface area contributed by atoms with Crippen LogP contribution in [-0.4, -0.2) is 44.4 Å². The number of thioether (sulfide) groups is 1. The second kappa shape index (κ2) is 9.23.